The van der Waals surface area contributed by atoms with Crippen molar-refractivity contribution in [3.05, 3.63) is 44.0 Å². The van der Waals surface area contributed by atoms with Gasteiger partial charge >= 0.3 is 5.69 Å². The van der Waals surface area contributed by atoms with Gasteiger partial charge < -0.3 is 5.32 Å². The molecule has 0 unspecified atom stereocenters. The molecule has 0 bridgehead atoms. The van der Waals surface area contributed by atoms with Gasteiger partial charge in [-0.2, -0.15) is 5.26 Å². The zero-order chi connectivity index (χ0) is 13.8. The molecule has 19 heavy (non-hydrogen) atoms. The molecular formula is C11H9N5O2S. The Morgan fingerprint density at radius 1 is 1.58 bits per heavy atom. The van der Waals surface area contributed by atoms with Crippen LogP contribution in [0.3, 0.4) is 0 Å². The second kappa shape index (κ2) is 5.41. The average Bonchev–Trinajstić information content (AvgIpc) is 2.81. The molecule has 2 aromatic rings. The summed E-state index contributed by atoms with van der Waals surface area (Å²) in [5.74, 6) is 0.426. The summed E-state index contributed by atoms with van der Waals surface area (Å²) in [5.41, 5.74) is 2.19. The first-order chi connectivity index (χ1) is 9.11. The largest absolute Gasteiger partial charge is 0.365 e. The number of nitrogens with zero attached hydrogens (tertiary/aromatic N) is 4. The molecule has 1 N–H and O–H groups in total. The van der Waals surface area contributed by atoms with Crippen molar-refractivity contribution in [2.24, 2.45) is 0 Å². The Balaban J connectivity index is 2.16. The van der Waals surface area contributed by atoms with E-state index in [0.29, 0.717) is 12.4 Å². The van der Waals surface area contributed by atoms with Crippen molar-refractivity contribution in [3.8, 4) is 6.07 Å². The molecule has 96 valence electrons. The van der Waals surface area contributed by atoms with Crippen LogP contribution in [0.1, 0.15) is 16.3 Å². The maximum atomic E-state index is 10.7. The summed E-state index contributed by atoms with van der Waals surface area (Å²) in [6, 6.07) is 4.47. The number of rotatable bonds is 4. The van der Waals surface area contributed by atoms with E-state index < -0.39 is 4.92 Å². The molecule has 8 heteroatoms. The van der Waals surface area contributed by atoms with Gasteiger partial charge in [0.05, 0.1) is 22.7 Å². The fraction of sp³-hybridized carbons (Fsp3) is 0.182. The fourth-order valence-electron chi connectivity index (χ4n) is 1.45. The van der Waals surface area contributed by atoms with Crippen LogP contribution in [-0.4, -0.2) is 14.9 Å². The molecule has 0 saturated carbocycles. The first kappa shape index (κ1) is 12.9. The van der Waals surface area contributed by atoms with E-state index in [1.807, 2.05) is 6.92 Å². The predicted octanol–water partition coefficient (Wildman–Crippen LogP) is 2.24. The summed E-state index contributed by atoms with van der Waals surface area (Å²) in [7, 11) is 0. The van der Waals surface area contributed by atoms with E-state index in [9.17, 15) is 10.1 Å². The summed E-state index contributed by atoms with van der Waals surface area (Å²) in [5, 5.41) is 22.5. The zero-order valence-corrected chi connectivity index (χ0v) is 10.8. The van der Waals surface area contributed by atoms with Crippen LogP contribution in [0.15, 0.2) is 17.6 Å². The van der Waals surface area contributed by atoms with Crippen LogP contribution in [0.2, 0.25) is 0 Å². The highest BCUT2D eigenvalue weighted by molar-refractivity contribution is 7.09. The molecule has 0 aromatic carbocycles. The van der Waals surface area contributed by atoms with Gasteiger partial charge in [0.1, 0.15) is 11.9 Å². The van der Waals surface area contributed by atoms with Crippen molar-refractivity contribution in [1.29, 1.82) is 5.26 Å². The summed E-state index contributed by atoms with van der Waals surface area (Å²) in [6.07, 6.45) is 0. The molecule has 0 atom stereocenters. The summed E-state index contributed by atoms with van der Waals surface area (Å²) < 4.78 is 0. The molecule has 0 aliphatic carbocycles. The molecule has 0 amide bonds. The molecule has 2 rings (SSSR count). The van der Waals surface area contributed by atoms with Gasteiger partial charge in [0, 0.05) is 10.9 Å². The topological polar surface area (TPSA) is 105 Å². The van der Waals surface area contributed by atoms with Gasteiger partial charge in [0.25, 0.3) is 0 Å². The van der Waals surface area contributed by atoms with Gasteiger partial charge in [-0.3, -0.25) is 10.1 Å². The number of thiazole rings is 1. The third-order valence-corrected chi connectivity index (χ3v) is 3.39. The van der Waals surface area contributed by atoms with E-state index in [-0.39, 0.29) is 11.4 Å². The molecule has 0 aliphatic heterocycles. The lowest BCUT2D eigenvalue weighted by molar-refractivity contribution is -0.385. The minimum atomic E-state index is -0.622. The lowest BCUT2D eigenvalue weighted by atomic mass is 10.3. The van der Waals surface area contributed by atoms with Crippen LogP contribution >= 0.6 is 11.3 Å². The number of hydrogen-bond acceptors (Lipinski definition) is 7. The summed E-state index contributed by atoms with van der Waals surface area (Å²) >= 11 is 1.51. The lowest BCUT2D eigenvalue weighted by Gasteiger charge is -2.04. The minimum Gasteiger partial charge on any atom is -0.365 e. The van der Waals surface area contributed by atoms with Crippen LogP contribution in [0.5, 0.6) is 0 Å². The number of hydrogen-bond donors (Lipinski definition) is 1. The van der Waals surface area contributed by atoms with E-state index in [1.54, 1.807) is 11.6 Å². The highest BCUT2D eigenvalue weighted by atomic mass is 32.1. The zero-order valence-electron chi connectivity index (χ0n) is 9.95. The Kier molecular flexibility index (Phi) is 3.68. The SMILES string of the molecule is Cc1ncsc1CNc1ccc([N+](=O)[O-])c(C#N)n1. The number of pyridine rings is 1. The molecule has 0 fully saturated rings. The Morgan fingerprint density at radius 2 is 2.37 bits per heavy atom. The standard InChI is InChI=1S/C11H9N5O2S/c1-7-10(19-6-14-7)5-13-11-3-2-9(16(17)18)8(4-12)15-11/h2-3,6H,5H2,1H3,(H,13,15). The van der Waals surface area contributed by atoms with E-state index >= 15 is 0 Å². The van der Waals surface area contributed by atoms with Crippen molar-refractivity contribution in [3.63, 3.8) is 0 Å². The second-order valence-electron chi connectivity index (χ2n) is 3.65. The number of aryl methyl sites for hydroxylation is 1. The van der Waals surface area contributed by atoms with Gasteiger partial charge in [-0.25, -0.2) is 9.97 Å². The van der Waals surface area contributed by atoms with Crippen molar-refractivity contribution in [2.75, 3.05) is 5.32 Å². The number of nitro groups is 1. The van der Waals surface area contributed by atoms with Crippen molar-refractivity contribution in [2.45, 2.75) is 13.5 Å². The molecule has 0 radical (unpaired) electrons. The number of nitriles is 1. The Labute approximate surface area is 112 Å². The Bertz CT molecular complexity index is 661. The van der Waals surface area contributed by atoms with Crippen molar-refractivity contribution in [1.82, 2.24) is 9.97 Å². The van der Waals surface area contributed by atoms with Gasteiger partial charge in [-0.1, -0.05) is 0 Å². The van der Waals surface area contributed by atoms with Crippen LogP contribution in [-0.2, 0) is 6.54 Å². The Hall–Kier alpha value is -2.53. The van der Waals surface area contributed by atoms with Crippen LogP contribution in [0.4, 0.5) is 11.5 Å². The molecule has 2 heterocycles. The number of nitrogens with one attached hydrogen (secondary N) is 1. The van der Waals surface area contributed by atoms with Crippen LogP contribution in [0, 0.1) is 28.4 Å². The summed E-state index contributed by atoms with van der Waals surface area (Å²) in [6.45, 7) is 2.42. The molecule has 2 aromatic heterocycles. The molecule has 0 saturated heterocycles. The van der Waals surface area contributed by atoms with Crippen molar-refractivity contribution < 1.29 is 4.92 Å². The average molecular weight is 275 g/mol. The maximum Gasteiger partial charge on any atom is 0.305 e. The van der Waals surface area contributed by atoms with Crippen molar-refractivity contribution >= 4 is 22.8 Å². The minimum absolute atomic E-state index is 0.198. The first-order valence-corrected chi connectivity index (χ1v) is 6.18. The third kappa shape index (κ3) is 2.83. The van der Waals surface area contributed by atoms with E-state index in [2.05, 4.69) is 15.3 Å². The monoisotopic (exact) mass is 275 g/mol. The quantitative estimate of drug-likeness (QED) is 0.677. The van der Waals surface area contributed by atoms with Gasteiger partial charge in [0.2, 0.25) is 5.69 Å². The van der Waals surface area contributed by atoms with E-state index in [1.165, 1.54) is 23.5 Å². The molecule has 0 spiro atoms. The smallest absolute Gasteiger partial charge is 0.305 e. The Morgan fingerprint density at radius 3 is 2.95 bits per heavy atom. The third-order valence-electron chi connectivity index (χ3n) is 2.45. The normalized spacial score (nSPS) is 9.89. The lowest BCUT2D eigenvalue weighted by Crippen LogP contribution is -2.03. The predicted molar refractivity (Wildman–Crippen MR) is 69.8 cm³/mol. The highest BCUT2D eigenvalue weighted by Gasteiger charge is 2.15. The molecule has 0 aliphatic rings. The highest BCUT2D eigenvalue weighted by Crippen LogP contribution is 2.19. The maximum absolute atomic E-state index is 10.7. The fourth-order valence-corrected chi connectivity index (χ4v) is 2.16. The summed E-state index contributed by atoms with van der Waals surface area (Å²) in [4.78, 5) is 19.1. The number of anilines is 1. The van der Waals surface area contributed by atoms with E-state index in [0.717, 1.165) is 10.6 Å². The van der Waals surface area contributed by atoms with Crippen LogP contribution < -0.4 is 5.32 Å². The van der Waals surface area contributed by atoms with Gasteiger partial charge in [-0.05, 0) is 13.0 Å². The first-order valence-electron chi connectivity index (χ1n) is 5.30. The van der Waals surface area contributed by atoms with E-state index in [4.69, 9.17) is 5.26 Å². The second-order valence-corrected chi connectivity index (χ2v) is 4.59. The van der Waals surface area contributed by atoms with Gasteiger partial charge in [-0.15, -0.1) is 11.3 Å². The molecule has 7 nitrogen and oxygen atoms in total. The number of aromatic nitrogens is 2. The van der Waals surface area contributed by atoms with Crippen LogP contribution in [0.25, 0.3) is 0 Å². The molecular weight excluding hydrogens is 266 g/mol. The van der Waals surface area contributed by atoms with Gasteiger partial charge in [0.15, 0.2) is 0 Å².